The minimum absolute atomic E-state index is 0.162. The molecule has 0 saturated heterocycles. The molecular weight excluding hydrogens is 294 g/mol. The van der Waals surface area contributed by atoms with Crippen molar-refractivity contribution in [3.63, 3.8) is 0 Å². The fraction of sp³-hybridized carbons (Fsp3) is 0.200. The molecule has 0 aliphatic rings. The molecule has 2 N–H and O–H groups in total. The molecule has 0 aliphatic heterocycles. The van der Waals surface area contributed by atoms with Gasteiger partial charge in [0.25, 0.3) is 5.91 Å². The van der Waals surface area contributed by atoms with E-state index in [1.165, 1.54) is 11.8 Å². The van der Waals surface area contributed by atoms with E-state index in [0.717, 1.165) is 9.37 Å². The zero-order valence-electron chi connectivity index (χ0n) is 8.31. The van der Waals surface area contributed by atoms with Gasteiger partial charge in [0, 0.05) is 9.37 Å². The van der Waals surface area contributed by atoms with Gasteiger partial charge < -0.3 is 10.5 Å². The molecule has 0 bridgehead atoms. The Hall–Kier alpha value is -1.01. The molecule has 0 fully saturated rings. The van der Waals surface area contributed by atoms with Crippen molar-refractivity contribution in [3.8, 4) is 0 Å². The molecule has 6 heteroatoms. The molecule has 0 aliphatic carbocycles. The van der Waals surface area contributed by atoms with Crippen LogP contribution in [-0.4, -0.2) is 24.2 Å². The topological polar surface area (TPSA) is 69.4 Å². The third-order valence-corrected chi connectivity index (χ3v) is 3.06. The summed E-state index contributed by atoms with van der Waals surface area (Å²) in [5, 5.41) is 0. The monoisotopic (exact) mass is 303 g/mol. The Morgan fingerprint density at radius 3 is 2.50 bits per heavy atom. The molecule has 1 amide bonds. The second kappa shape index (κ2) is 6.55. The van der Waals surface area contributed by atoms with Crippen LogP contribution < -0.4 is 5.73 Å². The molecule has 86 valence electrons. The number of nitrogens with two attached hydrogens (primary N) is 1. The van der Waals surface area contributed by atoms with Gasteiger partial charge in [-0.2, -0.15) is 0 Å². The van der Waals surface area contributed by atoms with Gasteiger partial charge in [-0.25, -0.2) is 0 Å². The van der Waals surface area contributed by atoms with Gasteiger partial charge in [-0.05, 0) is 24.3 Å². The van der Waals surface area contributed by atoms with Gasteiger partial charge in [-0.15, -0.1) is 11.8 Å². The van der Waals surface area contributed by atoms with Crippen LogP contribution in [0.5, 0.6) is 0 Å². The summed E-state index contributed by atoms with van der Waals surface area (Å²) in [7, 11) is 0. The lowest BCUT2D eigenvalue weighted by atomic mass is 10.4. The molecule has 1 aromatic carbocycles. The van der Waals surface area contributed by atoms with Crippen molar-refractivity contribution in [2.24, 2.45) is 5.73 Å². The highest BCUT2D eigenvalue weighted by atomic mass is 79.9. The number of thioether (sulfide) groups is 1. The molecule has 0 radical (unpaired) electrons. The first-order valence-electron chi connectivity index (χ1n) is 4.40. The molecule has 0 heterocycles. The first-order valence-corrected chi connectivity index (χ1v) is 6.18. The molecule has 0 spiro atoms. The number of rotatable bonds is 5. The molecule has 4 nitrogen and oxygen atoms in total. The highest BCUT2D eigenvalue weighted by Crippen LogP contribution is 2.20. The summed E-state index contributed by atoms with van der Waals surface area (Å²) in [5.74, 6) is -0.941. The Labute approximate surface area is 106 Å². The molecule has 1 aromatic rings. The lowest BCUT2D eigenvalue weighted by Gasteiger charge is -2.02. The quantitative estimate of drug-likeness (QED) is 0.662. The van der Waals surface area contributed by atoms with E-state index in [1.807, 2.05) is 24.3 Å². The number of halogens is 1. The van der Waals surface area contributed by atoms with Crippen molar-refractivity contribution in [2.75, 3.05) is 12.4 Å². The van der Waals surface area contributed by atoms with Crippen LogP contribution in [-0.2, 0) is 14.3 Å². The molecule has 16 heavy (non-hydrogen) atoms. The SMILES string of the molecule is NC(=O)COC(=O)CSc1ccc(Br)cc1. The number of carbonyl (C=O) groups excluding carboxylic acids is 2. The number of hydrogen-bond acceptors (Lipinski definition) is 4. The Kier molecular flexibility index (Phi) is 5.34. The molecule has 1 rings (SSSR count). The van der Waals surface area contributed by atoms with E-state index in [-0.39, 0.29) is 12.4 Å². The Balaban J connectivity index is 2.31. The number of amides is 1. The van der Waals surface area contributed by atoms with E-state index in [1.54, 1.807) is 0 Å². The summed E-state index contributed by atoms with van der Waals surface area (Å²) in [4.78, 5) is 22.4. The van der Waals surface area contributed by atoms with Gasteiger partial charge in [-0.1, -0.05) is 15.9 Å². The summed E-state index contributed by atoms with van der Waals surface area (Å²) in [5.41, 5.74) is 4.84. The van der Waals surface area contributed by atoms with Crippen molar-refractivity contribution < 1.29 is 14.3 Å². The number of benzene rings is 1. The number of carbonyl (C=O) groups is 2. The fourth-order valence-electron chi connectivity index (χ4n) is 0.866. The van der Waals surface area contributed by atoms with Crippen molar-refractivity contribution in [1.82, 2.24) is 0 Å². The molecule has 0 unspecified atom stereocenters. The number of ether oxygens (including phenoxy) is 1. The first kappa shape index (κ1) is 13.1. The second-order valence-electron chi connectivity index (χ2n) is 2.87. The minimum Gasteiger partial charge on any atom is -0.455 e. The van der Waals surface area contributed by atoms with Crippen molar-refractivity contribution in [2.45, 2.75) is 4.90 Å². The summed E-state index contributed by atoms with van der Waals surface area (Å²) < 4.78 is 5.59. The summed E-state index contributed by atoms with van der Waals surface area (Å²) in [6.07, 6.45) is 0. The lowest BCUT2D eigenvalue weighted by Crippen LogP contribution is -2.21. The van der Waals surface area contributed by atoms with Crippen molar-refractivity contribution in [3.05, 3.63) is 28.7 Å². The third kappa shape index (κ3) is 5.18. The minimum atomic E-state index is -0.651. The predicted octanol–water partition coefficient (Wildman–Crippen LogP) is 1.57. The van der Waals surface area contributed by atoms with Gasteiger partial charge in [0.2, 0.25) is 0 Å². The maximum Gasteiger partial charge on any atom is 0.316 e. The van der Waals surface area contributed by atoms with Gasteiger partial charge in [0.15, 0.2) is 6.61 Å². The van der Waals surface area contributed by atoms with Crippen LogP contribution in [0.15, 0.2) is 33.6 Å². The van der Waals surface area contributed by atoms with Crippen LogP contribution in [0.25, 0.3) is 0 Å². The van der Waals surface area contributed by atoms with Crippen LogP contribution in [0.1, 0.15) is 0 Å². The number of hydrogen-bond donors (Lipinski definition) is 1. The second-order valence-corrected chi connectivity index (χ2v) is 4.83. The molecule has 0 saturated carbocycles. The molecule has 0 atom stereocenters. The lowest BCUT2D eigenvalue weighted by molar-refractivity contribution is -0.145. The maximum atomic E-state index is 11.1. The van der Waals surface area contributed by atoms with E-state index < -0.39 is 11.9 Å². The average Bonchev–Trinajstić information content (AvgIpc) is 2.25. The standard InChI is InChI=1S/C10H10BrNO3S/c11-7-1-3-8(4-2-7)16-6-10(14)15-5-9(12)13/h1-4H,5-6H2,(H2,12,13). The van der Waals surface area contributed by atoms with Crippen LogP contribution in [0.4, 0.5) is 0 Å². The number of esters is 1. The smallest absolute Gasteiger partial charge is 0.316 e. The average molecular weight is 304 g/mol. The van der Waals surface area contributed by atoms with Gasteiger partial charge in [0.05, 0.1) is 5.75 Å². The van der Waals surface area contributed by atoms with E-state index in [9.17, 15) is 9.59 Å². The van der Waals surface area contributed by atoms with Crippen LogP contribution in [0.3, 0.4) is 0 Å². The zero-order valence-corrected chi connectivity index (χ0v) is 10.7. The fourth-order valence-corrected chi connectivity index (χ4v) is 1.83. The largest absolute Gasteiger partial charge is 0.455 e. The van der Waals surface area contributed by atoms with E-state index in [4.69, 9.17) is 5.73 Å². The summed E-state index contributed by atoms with van der Waals surface area (Å²) >= 11 is 4.66. The Morgan fingerprint density at radius 2 is 1.94 bits per heavy atom. The van der Waals surface area contributed by atoms with Gasteiger partial charge >= 0.3 is 5.97 Å². The van der Waals surface area contributed by atoms with E-state index >= 15 is 0 Å². The van der Waals surface area contributed by atoms with Crippen LogP contribution in [0, 0.1) is 0 Å². The van der Waals surface area contributed by atoms with Gasteiger partial charge in [-0.3, -0.25) is 9.59 Å². The van der Waals surface area contributed by atoms with Crippen molar-refractivity contribution >= 4 is 39.6 Å². The zero-order chi connectivity index (χ0) is 12.0. The van der Waals surface area contributed by atoms with E-state index in [2.05, 4.69) is 20.7 Å². The van der Waals surface area contributed by atoms with Gasteiger partial charge in [0.1, 0.15) is 0 Å². The summed E-state index contributed by atoms with van der Waals surface area (Å²) in [6, 6.07) is 7.54. The Bertz CT molecular complexity index is 380. The highest BCUT2D eigenvalue weighted by molar-refractivity contribution is 9.10. The number of primary amides is 1. The first-order chi connectivity index (χ1) is 7.58. The maximum absolute atomic E-state index is 11.1. The molecular formula is C10H10BrNO3S. The normalized spacial score (nSPS) is 9.81. The van der Waals surface area contributed by atoms with Crippen molar-refractivity contribution in [1.29, 1.82) is 0 Å². The predicted molar refractivity (Wildman–Crippen MR) is 65.0 cm³/mol. The third-order valence-electron chi connectivity index (χ3n) is 1.55. The highest BCUT2D eigenvalue weighted by Gasteiger charge is 2.05. The summed E-state index contributed by atoms with van der Waals surface area (Å²) in [6.45, 7) is -0.361. The van der Waals surface area contributed by atoms with Crippen LogP contribution in [0.2, 0.25) is 0 Å². The molecule has 0 aromatic heterocycles. The van der Waals surface area contributed by atoms with E-state index in [0.29, 0.717) is 0 Å². The van der Waals surface area contributed by atoms with Crippen LogP contribution >= 0.6 is 27.7 Å². The Morgan fingerprint density at radius 1 is 1.31 bits per heavy atom.